The Bertz CT molecular complexity index is 1390. The van der Waals surface area contributed by atoms with E-state index in [0.717, 1.165) is 5.56 Å². The average molecular weight is 546 g/mol. The van der Waals surface area contributed by atoms with Gasteiger partial charge in [0.1, 0.15) is 11.5 Å². The molecule has 0 radical (unpaired) electrons. The molecule has 36 heavy (non-hydrogen) atoms. The second-order valence-electron chi connectivity index (χ2n) is 8.44. The number of pyridine rings is 1. The number of amides is 1. The van der Waals surface area contributed by atoms with Gasteiger partial charge in [-0.2, -0.15) is 0 Å². The lowest BCUT2D eigenvalue weighted by atomic mass is 10.0. The molecule has 5 rings (SSSR count). The van der Waals surface area contributed by atoms with Gasteiger partial charge in [0.2, 0.25) is 0 Å². The van der Waals surface area contributed by atoms with Crippen molar-refractivity contribution in [2.75, 3.05) is 19.7 Å². The third kappa shape index (κ3) is 5.32. The van der Waals surface area contributed by atoms with Crippen LogP contribution in [-0.4, -0.2) is 51.3 Å². The Morgan fingerprint density at radius 3 is 2.75 bits per heavy atom. The maximum absolute atomic E-state index is 15.6. The number of hydrogen-bond acceptors (Lipinski definition) is 4. The highest BCUT2D eigenvalue weighted by atomic mass is 35.5. The lowest BCUT2D eigenvalue weighted by Gasteiger charge is -2.31. The molecule has 6 nitrogen and oxygen atoms in total. The predicted octanol–water partition coefficient (Wildman–Crippen LogP) is 6.66. The number of ether oxygens (including phenoxy) is 1. The molecule has 1 aliphatic heterocycles. The molecule has 1 N–H and O–H groups in total. The van der Waals surface area contributed by atoms with Crippen molar-refractivity contribution in [1.82, 2.24) is 14.3 Å². The number of fused-ring (bicyclic) bond motifs is 1. The standard InChI is InChI=1S/C26H22Cl2FN3O3S/c27-17-6-7-32-22(11-18-14-31(26(33)34)8-9-35-18)25(30-23(32)10-17)24-20(28)12-19(13-21(24)29)36-15-16-4-2-1-3-5-16/h1-7,10,12-13,18H,8-9,11,14-15H2,(H,33,34). The van der Waals surface area contributed by atoms with Crippen LogP contribution in [0, 0.1) is 5.82 Å². The number of rotatable bonds is 6. The summed E-state index contributed by atoms with van der Waals surface area (Å²) in [6.07, 6.45) is 0.678. The normalized spacial score (nSPS) is 16.0. The summed E-state index contributed by atoms with van der Waals surface area (Å²) in [4.78, 5) is 18.2. The fourth-order valence-electron chi connectivity index (χ4n) is 4.30. The minimum absolute atomic E-state index is 0.196. The molecule has 0 bridgehead atoms. The van der Waals surface area contributed by atoms with Gasteiger partial charge in [0.15, 0.2) is 0 Å². The monoisotopic (exact) mass is 545 g/mol. The summed E-state index contributed by atoms with van der Waals surface area (Å²) in [6, 6.07) is 16.6. The molecule has 1 fully saturated rings. The molecule has 10 heteroatoms. The number of aromatic nitrogens is 2. The number of imidazole rings is 1. The number of carboxylic acid groups (broad SMARTS) is 1. The molecule has 1 atom stereocenters. The smallest absolute Gasteiger partial charge is 0.407 e. The molecular formula is C26H22Cl2FN3O3S. The van der Waals surface area contributed by atoms with Crippen molar-refractivity contribution in [3.8, 4) is 11.3 Å². The summed E-state index contributed by atoms with van der Waals surface area (Å²) < 4.78 is 23.2. The molecule has 1 unspecified atom stereocenters. The van der Waals surface area contributed by atoms with Crippen LogP contribution in [0.4, 0.5) is 9.18 Å². The van der Waals surface area contributed by atoms with Gasteiger partial charge < -0.3 is 19.1 Å². The lowest BCUT2D eigenvalue weighted by Crippen LogP contribution is -2.45. The first-order valence-corrected chi connectivity index (χ1v) is 13.1. The Morgan fingerprint density at radius 2 is 2.00 bits per heavy atom. The highest BCUT2D eigenvalue weighted by Gasteiger charge is 2.28. The summed E-state index contributed by atoms with van der Waals surface area (Å²) in [5.74, 6) is 0.207. The minimum atomic E-state index is -0.994. The number of nitrogens with zero attached hydrogens (tertiary/aromatic N) is 3. The van der Waals surface area contributed by atoms with Gasteiger partial charge in [0.25, 0.3) is 0 Å². The Balaban J connectivity index is 1.50. The van der Waals surface area contributed by atoms with Crippen LogP contribution in [-0.2, 0) is 16.9 Å². The van der Waals surface area contributed by atoms with Gasteiger partial charge in [0.05, 0.1) is 41.2 Å². The fourth-order valence-corrected chi connectivity index (χ4v) is 5.73. The second-order valence-corrected chi connectivity index (χ2v) is 10.3. The van der Waals surface area contributed by atoms with E-state index >= 15 is 4.39 Å². The third-order valence-electron chi connectivity index (χ3n) is 6.02. The highest BCUT2D eigenvalue weighted by Crippen LogP contribution is 2.38. The van der Waals surface area contributed by atoms with Gasteiger partial charge in [-0.15, -0.1) is 11.8 Å². The number of benzene rings is 2. The van der Waals surface area contributed by atoms with E-state index < -0.39 is 18.0 Å². The SMILES string of the molecule is O=C(O)N1CCOC(Cc2c(-c3c(F)cc(SCc4ccccc4)cc3Cl)nc3cc(Cl)ccn23)C1. The van der Waals surface area contributed by atoms with Crippen LogP contribution >= 0.6 is 35.0 Å². The van der Waals surface area contributed by atoms with E-state index in [1.165, 1.54) is 22.7 Å². The molecule has 2 aromatic heterocycles. The van der Waals surface area contributed by atoms with Gasteiger partial charge in [-0.1, -0.05) is 53.5 Å². The average Bonchev–Trinajstić information content (AvgIpc) is 3.19. The summed E-state index contributed by atoms with van der Waals surface area (Å²) >= 11 is 14.3. The Morgan fingerprint density at radius 1 is 1.19 bits per heavy atom. The summed E-state index contributed by atoms with van der Waals surface area (Å²) in [5, 5.41) is 10.1. The number of morpholine rings is 1. The van der Waals surface area contributed by atoms with Crippen molar-refractivity contribution < 1.29 is 19.0 Å². The largest absolute Gasteiger partial charge is 0.465 e. The molecule has 4 aromatic rings. The van der Waals surface area contributed by atoms with Crippen molar-refractivity contribution >= 4 is 46.7 Å². The third-order valence-corrected chi connectivity index (χ3v) is 7.60. The zero-order valence-electron chi connectivity index (χ0n) is 19.0. The van der Waals surface area contributed by atoms with Crippen molar-refractivity contribution in [3.63, 3.8) is 0 Å². The number of halogens is 3. The minimum Gasteiger partial charge on any atom is -0.465 e. The fraction of sp³-hybridized carbons (Fsp3) is 0.231. The molecule has 0 spiro atoms. The number of hydrogen-bond donors (Lipinski definition) is 1. The summed E-state index contributed by atoms with van der Waals surface area (Å²) in [5.41, 5.74) is 2.92. The van der Waals surface area contributed by atoms with E-state index in [2.05, 4.69) is 4.98 Å². The van der Waals surface area contributed by atoms with Crippen LogP contribution in [0.15, 0.2) is 65.7 Å². The molecule has 3 heterocycles. The quantitative estimate of drug-likeness (QED) is 0.274. The van der Waals surface area contributed by atoms with Crippen LogP contribution in [0.25, 0.3) is 16.9 Å². The molecule has 1 amide bonds. The van der Waals surface area contributed by atoms with Crippen LogP contribution in [0.3, 0.4) is 0 Å². The van der Waals surface area contributed by atoms with Gasteiger partial charge in [-0.05, 0) is 23.8 Å². The highest BCUT2D eigenvalue weighted by molar-refractivity contribution is 7.98. The second kappa shape index (κ2) is 10.7. The van der Waals surface area contributed by atoms with E-state index in [9.17, 15) is 9.90 Å². The van der Waals surface area contributed by atoms with Crippen molar-refractivity contribution in [1.29, 1.82) is 0 Å². The van der Waals surface area contributed by atoms with E-state index in [1.54, 1.807) is 24.4 Å². The Labute approximate surface area is 221 Å². The van der Waals surface area contributed by atoms with Crippen molar-refractivity contribution in [2.45, 2.75) is 23.2 Å². The Hall–Kier alpha value is -2.78. The van der Waals surface area contributed by atoms with Gasteiger partial charge in [-0.3, -0.25) is 0 Å². The lowest BCUT2D eigenvalue weighted by molar-refractivity contribution is -0.0214. The molecule has 2 aromatic carbocycles. The van der Waals surface area contributed by atoms with E-state index in [4.69, 9.17) is 27.9 Å². The first kappa shape index (κ1) is 24.9. The van der Waals surface area contributed by atoms with Crippen LogP contribution in [0.1, 0.15) is 11.3 Å². The molecule has 0 saturated carbocycles. The predicted molar refractivity (Wildman–Crippen MR) is 140 cm³/mol. The van der Waals surface area contributed by atoms with Crippen LogP contribution in [0.5, 0.6) is 0 Å². The zero-order chi connectivity index (χ0) is 25.2. The molecule has 0 aliphatic carbocycles. The van der Waals surface area contributed by atoms with Gasteiger partial charge in [0, 0.05) is 40.9 Å². The number of carbonyl (C=O) groups is 1. The summed E-state index contributed by atoms with van der Waals surface area (Å²) in [7, 11) is 0. The number of thioether (sulfide) groups is 1. The van der Waals surface area contributed by atoms with E-state index in [-0.39, 0.29) is 23.7 Å². The van der Waals surface area contributed by atoms with Gasteiger partial charge in [-0.25, -0.2) is 14.2 Å². The van der Waals surface area contributed by atoms with Crippen LogP contribution in [0.2, 0.25) is 10.0 Å². The molecule has 1 aliphatic rings. The maximum Gasteiger partial charge on any atom is 0.407 e. The van der Waals surface area contributed by atoms with Crippen LogP contribution < -0.4 is 0 Å². The zero-order valence-corrected chi connectivity index (χ0v) is 21.4. The topological polar surface area (TPSA) is 67.1 Å². The molecule has 186 valence electrons. The molecular weight excluding hydrogens is 524 g/mol. The Kier molecular flexibility index (Phi) is 7.39. The maximum atomic E-state index is 15.6. The first-order chi connectivity index (χ1) is 17.4. The van der Waals surface area contributed by atoms with Crippen molar-refractivity contribution in [3.05, 3.63) is 87.9 Å². The van der Waals surface area contributed by atoms with E-state index in [0.29, 0.717) is 45.7 Å². The molecule has 1 saturated heterocycles. The van der Waals surface area contributed by atoms with Gasteiger partial charge >= 0.3 is 6.09 Å². The van der Waals surface area contributed by atoms with Crippen molar-refractivity contribution in [2.24, 2.45) is 0 Å². The summed E-state index contributed by atoms with van der Waals surface area (Å²) in [6.45, 7) is 0.808. The first-order valence-electron chi connectivity index (χ1n) is 11.3. The van der Waals surface area contributed by atoms with E-state index in [1.807, 2.05) is 34.7 Å².